The van der Waals surface area contributed by atoms with E-state index in [0.717, 1.165) is 18.2 Å². The number of carbonyl (C=O) groups excluding carboxylic acids is 1. The smallest absolute Gasteiger partial charge is 0.320 e. The molecule has 0 radical (unpaired) electrons. The molecule has 3 aromatic rings. The number of nitrogens with one attached hydrogen (secondary N) is 2. The number of benzene rings is 2. The van der Waals surface area contributed by atoms with Crippen molar-refractivity contribution in [1.29, 1.82) is 0 Å². The summed E-state index contributed by atoms with van der Waals surface area (Å²) < 4.78 is 26.7. The first kappa shape index (κ1) is 18.0. The molecule has 3 rings (SSSR count). The highest BCUT2D eigenvalue weighted by Crippen LogP contribution is 2.12. The number of amides is 1. The van der Waals surface area contributed by atoms with Gasteiger partial charge in [-0.25, -0.2) is 8.78 Å². The average Bonchev–Trinajstić information content (AvgIpc) is 3.02. The molecule has 0 atom stereocenters. The van der Waals surface area contributed by atoms with Gasteiger partial charge in [-0.15, -0.1) is 9.89 Å². The summed E-state index contributed by atoms with van der Waals surface area (Å²) in [7, 11) is 0. The van der Waals surface area contributed by atoms with Gasteiger partial charge in [-0.05, 0) is 30.3 Å². The molecule has 0 spiro atoms. The van der Waals surface area contributed by atoms with Crippen LogP contribution in [-0.4, -0.2) is 32.3 Å². The maximum atomic E-state index is 13.6. The number of halogens is 2. The number of H-pyrrole nitrogens is 1. The molecule has 8 nitrogen and oxygen atoms in total. The molecule has 0 bridgehead atoms. The van der Waals surface area contributed by atoms with Crippen LogP contribution in [0.3, 0.4) is 0 Å². The van der Waals surface area contributed by atoms with Crippen molar-refractivity contribution in [3.63, 3.8) is 0 Å². The van der Waals surface area contributed by atoms with Gasteiger partial charge in [0.15, 0.2) is 0 Å². The Morgan fingerprint density at radius 2 is 2.07 bits per heavy atom. The van der Waals surface area contributed by atoms with Crippen LogP contribution < -0.4 is 10.9 Å². The van der Waals surface area contributed by atoms with Crippen molar-refractivity contribution < 1.29 is 18.7 Å². The Labute approximate surface area is 150 Å². The molecule has 1 amide bonds. The Kier molecular flexibility index (Phi) is 5.06. The number of nitrogens with zero attached hydrogens (tertiary/aromatic N) is 3. The van der Waals surface area contributed by atoms with E-state index in [1.165, 1.54) is 12.3 Å². The van der Waals surface area contributed by atoms with Crippen molar-refractivity contribution >= 4 is 12.1 Å². The second kappa shape index (κ2) is 7.60. The van der Waals surface area contributed by atoms with Gasteiger partial charge in [-0.1, -0.05) is 12.1 Å². The summed E-state index contributed by atoms with van der Waals surface area (Å²) in [5.41, 5.74) is -1.07. The van der Waals surface area contributed by atoms with Gasteiger partial charge in [-0.3, -0.25) is 9.59 Å². The predicted octanol–water partition coefficient (Wildman–Crippen LogP) is 1.37. The third-order valence-electron chi connectivity index (χ3n) is 3.56. The van der Waals surface area contributed by atoms with Gasteiger partial charge in [0, 0.05) is 17.7 Å². The predicted molar refractivity (Wildman–Crippen MR) is 91.5 cm³/mol. The van der Waals surface area contributed by atoms with E-state index in [2.05, 4.69) is 20.7 Å². The SMILES string of the molecule is O=C(NCc1cc(F)ccc1F)c1n[nH]n(/N=C/c2ccccc2O)c1=O. The lowest BCUT2D eigenvalue weighted by Gasteiger charge is -2.04. The molecule has 3 N–H and O–H groups in total. The largest absolute Gasteiger partial charge is 0.507 e. The van der Waals surface area contributed by atoms with Crippen LogP contribution in [0.1, 0.15) is 21.6 Å². The molecule has 0 saturated carbocycles. The molecule has 138 valence electrons. The van der Waals surface area contributed by atoms with Crippen molar-refractivity contribution in [1.82, 2.24) is 20.4 Å². The molecule has 0 fully saturated rings. The van der Waals surface area contributed by atoms with Crippen molar-refractivity contribution in [3.05, 3.63) is 81.3 Å². The Hall–Kier alpha value is -3.82. The summed E-state index contributed by atoms with van der Waals surface area (Å²) in [5.74, 6) is -2.26. The molecule has 0 aliphatic rings. The quantitative estimate of drug-likeness (QED) is 0.586. The van der Waals surface area contributed by atoms with E-state index in [9.17, 15) is 23.5 Å². The van der Waals surface area contributed by atoms with Gasteiger partial charge in [0.2, 0.25) is 5.69 Å². The van der Waals surface area contributed by atoms with Crippen LogP contribution in [0, 0.1) is 11.6 Å². The van der Waals surface area contributed by atoms with Crippen LogP contribution in [0.25, 0.3) is 0 Å². The fourth-order valence-corrected chi connectivity index (χ4v) is 2.17. The van der Waals surface area contributed by atoms with Crippen molar-refractivity contribution in [3.8, 4) is 5.75 Å². The fraction of sp³-hybridized carbons (Fsp3) is 0.0588. The van der Waals surface area contributed by atoms with E-state index in [0.29, 0.717) is 10.4 Å². The van der Waals surface area contributed by atoms with Gasteiger partial charge in [0.25, 0.3) is 5.91 Å². The number of carbonyl (C=O) groups is 1. The topological polar surface area (TPSA) is 112 Å². The van der Waals surface area contributed by atoms with Crippen LogP contribution in [0.15, 0.2) is 52.4 Å². The number of phenolic OH excluding ortho intramolecular Hbond substituents is 1. The Bertz CT molecular complexity index is 1070. The van der Waals surface area contributed by atoms with Gasteiger partial charge in [0.1, 0.15) is 17.4 Å². The molecule has 0 unspecified atom stereocenters. The maximum Gasteiger partial charge on any atom is 0.320 e. The summed E-state index contributed by atoms with van der Waals surface area (Å²) in [6, 6.07) is 9.14. The first-order valence-electron chi connectivity index (χ1n) is 7.67. The number of aromatic nitrogens is 3. The van der Waals surface area contributed by atoms with Crippen molar-refractivity contribution in [2.75, 3.05) is 0 Å². The maximum absolute atomic E-state index is 13.6. The number of phenols is 1. The van der Waals surface area contributed by atoms with Crippen molar-refractivity contribution in [2.45, 2.75) is 6.54 Å². The van der Waals surface area contributed by atoms with Crippen LogP contribution >= 0.6 is 0 Å². The molecule has 27 heavy (non-hydrogen) atoms. The normalized spacial score (nSPS) is 11.0. The van der Waals surface area contributed by atoms with Gasteiger partial charge >= 0.3 is 5.56 Å². The number of aromatic hydroxyl groups is 1. The molecule has 2 aromatic carbocycles. The van der Waals surface area contributed by atoms with E-state index >= 15 is 0 Å². The highest BCUT2D eigenvalue weighted by Gasteiger charge is 2.17. The monoisotopic (exact) mass is 373 g/mol. The van der Waals surface area contributed by atoms with E-state index in [-0.39, 0.29) is 17.9 Å². The van der Waals surface area contributed by atoms with Crippen LogP contribution in [0.4, 0.5) is 8.78 Å². The molecule has 10 heteroatoms. The van der Waals surface area contributed by atoms with Crippen LogP contribution in [0.5, 0.6) is 5.75 Å². The molecular formula is C17H13F2N5O3. The van der Waals surface area contributed by atoms with E-state index in [4.69, 9.17) is 0 Å². The Morgan fingerprint density at radius 1 is 1.30 bits per heavy atom. The standard InChI is InChI=1S/C17H13F2N5O3/c18-12-5-6-13(19)11(7-12)8-20-16(26)15-17(27)24(23-22-15)21-9-10-3-1-2-4-14(10)25/h1-7,9,23,25H,8H2,(H,20,26)/b21-9+. The molecule has 0 aliphatic heterocycles. The fourth-order valence-electron chi connectivity index (χ4n) is 2.17. The van der Waals surface area contributed by atoms with E-state index in [1.54, 1.807) is 18.2 Å². The average molecular weight is 373 g/mol. The second-order valence-corrected chi connectivity index (χ2v) is 5.40. The first-order valence-corrected chi connectivity index (χ1v) is 7.67. The summed E-state index contributed by atoms with van der Waals surface area (Å²) in [6.07, 6.45) is 1.21. The highest BCUT2D eigenvalue weighted by molar-refractivity contribution is 5.91. The number of para-hydroxylation sites is 1. The minimum absolute atomic E-state index is 0.0381. The number of hydrogen-bond donors (Lipinski definition) is 3. The second-order valence-electron chi connectivity index (χ2n) is 5.40. The zero-order valence-electron chi connectivity index (χ0n) is 13.7. The Balaban J connectivity index is 1.73. The van der Waals surface area contributed by atoms with Gasteiger partial charge in [0.05, 0.1) is 6.21 Å². The number of rotatable bonds is 5. The summed E-state index contributed by atoms with van der Waals surface area (Å²) in [6.45, 7) is -0.324. The first-order chi connectivity index (χ1) is 13.0. The third-order valence-corrected chi connectivity index (χ3v) is 3.56. The minimum atomic E-state index is -0.878. The van der Waals surface area contributed by atoms with Crippen molar-refractivity contribution in [2.24, 2.45) is 5.10 Å². The van der Waals surface area contributed by atoms with E-state index < -0.39 is 28.8 Å². The zero-order chi connectivity index (χ0) is 19.4. The lowest BCUT2D eigenvalue weighted by molar-refractivity contribution is 0.0944. The molecule has 1 aromatic heterocycles. The van der Waals surface area contributed by atoms with Gasteiger partial charge in [-0.2, -0.15) is 10.3 Å². The lowest BCUT2D eigenvalue weighted by atomic mass is 10.2. The molecule has 0 aliphatic carbocycles. The Morgan fingerprint density at radius 3 is 2.85 bits per heavy atom. The summed E-state index contributed by atoms with van der Waals surface area (Å²) in [4.78, 5) is 24.9. The number of hydrogen-bond acceptors (Lipinski definition) is 5. The zero-order valence-corrected chi connectivity index (χ0v) is 13.7. The lowest BCUT2D eigenvalue weighted by Crippen LogP contribution is -2.29. The van der Waals surface area contributed by atoms with E-state index in [1.807, 2.05) is 0 Å². The minimum Gasteiger partial charge on any atom is -0.507 e. The summed E-state index contributed by atoms with van der Waals surface area (Å²) in [5, 5.41) is 21.5. The molecular weight excluding hydrogens is 360 g/mol. The van der Waals surface area contributed by atoms with Crippen LogP contribution in [-0.2, 0) is 6.54 Å². The van der Waals surface area contributed by atoms with Crippen LogP contribution in [0.2, 0.25) is 0 Å². The van der Waals surface area contributed by atoms with Gasteiger partial charge < -0.3 is 10.4 Å². The molecule has 1 heterocycles. The number of aromatic amines is 1. The molecule has 0 saturated heterocycles. The highest BCUT2D eigenvalue weighted by atomic mass is 19.1. The summed E-state index contributed by atoms with van der Waals surface area (Å²) >= 11 is 0. The third kappa shape index (κ3) is 4.06.